The van der Waals surface area contributed by atoms with Crippen LogP contribution in [0, 0.1) is 0 Å². The van der Waals surface area contributed by atoms with Crippen LogP contribution in [0.4, 0.5) is 0 Å². The second-order valence-corrected chi connectivity index (χ2v) is 2.42. The molecule has 9 heavy (non-hydrogen) atoms. The van der Waals surface area contributed by atoms with Crippen molar-refractivity contribution >= 4 is 22.3 Å². The van der Waals surface area contributed by atoms with E-state index < -0.39 is 0 Å². The number of carbonyl (C=O) groups is 1. The summed E-state index contributed by atoms with van der Waals surface area (Å²) in [7, 11) is 0. The van der Waals surface area contributed by atoms with Crippen LogP contribution < -0.4 is 0 Å². The van der Waals surface area contributed by atoms with Crippen LogP contribution in [0.15, 0.2) is 10.9 Å². The largest absolute Gasteiger partial charge is 0.497 e. The number of carbonyl (C=O) groups excluding carboxylic acids is 1. The summed E-state index contributed by atoms with van der Waals surface area (Å²) in [5, 5.41) is 0. The Labute approximate surface area is 61.4 Å². The molecule has 1 amide bonds. The van der Waals surface area contributed by atoms with E-state index >= 15 is 0 Å². The normalized spacial score (nSPS) is 18.3. The molecule has 0 aromatic heterocycles. The van der Waals surface area contributed by atoms with Crippen LogP contribution in [0.25, 0.3) is 0 Å². The number of hydrogen-bond donors (Lipinski definition) is 0. The van der Waals surface area contributed by atoms with Crippen molar-refractivity contribution in [3.8, 4) is 0 Å². The molecule has 0 aromatic rings. The lowest BCUT2D eigenvalue weighted by molar-refractivity contribution is -0.117. The maximum absolute atomic E-state index is 10.2. The molecule has 0 unspecified atom stereocenters. The van der Waals surface area contributed by atoms with Gasteiger partial charge in [-0.15, -0.1) is 0 Å². The summed E-state index contributed by atoms with van der Waals surface area (Å²) in [5.41, 5.74) is 0. The van der Waals surface area contributed by atoms with E-state index in [-0.39, 0.29) is 0 Å². The molecule has 0 atom stereocenters. The average Bonchev–Trinajstić information content (AvgIpc) is 1.89. The fourth-order valence-corrected chi connectivity index (χ4v) is 0.949. The van der Waals surface area contributed by atoms with Crippen molar-refractivity contribution in [2.75, 3.05) is 13.2 Å². The summed E-state index contributed by atoms with van der Waals surface area (Å²) in [6.45, 7) is 1.20. The van der Waals surface area contributed by atoms with Gasteiger partial charge in [0.25, 0.3) is 0 Å². The molecule has 0 bridgehead atoms. The first-order valence-electron chi connectivity index (χ1n) is 2.54. The molecule has 0 saturated heterocycles. The summed E-state index contributed by atoms with van der Waals surface area (Å²) < 4.78 is 5.59. The van der Waals surface area contributed by atoms with Crippen molar-refractivity contribution < 1.29 is 9.53 Å². The minimum absolute atomic E-state index is 0.577. The topological polar surface area (TPSA) is 29.5 Å². The van der Waals surface area contributed by atoms with Crippen molar-refractivity contribution in [1.29, 1.82) is 0 Å². The summed E-state index contributed by atoms with van der Waals surface area (Å²) in [5.74, 6) is 0. The van der Waals surface area contributed by atoms with Gasteiger partial charge in [-0.1, -0.05) is 0 Å². The van der Waals surface area contributed by atoms with Gasteiger partial charge < -0.3 is 9.64 Å². The Morgan fingerprint density at radius 3 is 3.11 bits per heavy atom. The molecule has 1 heterocycles. The predicted molar refractivity (Wildman–Crippen MR) is 35.7 cm³/mol. The Hall–Kier alpha value is -0.510. The Balaban J connectivity index is 2.60. The average molecular weight is 192 g/mol. The lowest BCUT2D eigenvalue weighted by Crippen LogP contribution is -2.26. The van der Waals surface area contributed by atoms with E-state index in [1.165, 1.54) is 11.2 Å². The Kier molecular flexibility index (Phi) is 2.10. The maximum Gasteiger partial charge on any atom is 0.214 e. The summed E-state index contributed by atoms with van der Waals surface area (Å²) in [6, 6.07) is 0. The number of nitrogens with zero attached hydrogens (tertiary/aromatic N) is 1. The van der Waals surface area contributed by atoms with Crippen LogP contribution in [0.3, 0.4) is 0 Å². The van der Waals surface area contributed by atoms with Crippen LogP contribution in [0.1, 0.15) is 0 Å². The minimum Gasteiger partial charge on any atom is -0.497 e. The zero-order valence-electron chi connectivity index (χ0n) is 4.71. The molecule has 0 N–H and O–H groups in total. The molecule has 0 radical (unpaired) electrons. The third kappa shape index (κ3) is 1.45. The van der Waals surface area contributed by atoms with Crippen LogP contribution in [0.2, 0.25) is 0 Å². The lowest BCUT2D eigenvalue weighted by atomic mass is 10.6. The first kappa shape index (κ1) is 6.61. The zero-order chi connectivity index (χ0) is 6.69. The van der Waals surface area contributed by atoms with Crippen LogP contribution in [0.5, 0.6) is 0 Å². The van der Waals surface area contributed by atoms with Crippen molar-refractivity contribution in [1.82, 2.24) is 4.90 Å². The molecule has 0 saturated carbocycles. The van der Waals surface area contributed by atoms with E-state index in [4.69, 9.17) is 4.74 Å². The van der Waals surface area contributed by atoms with Crippen molar-refractivity contribution in [3.05, 3.63) is 10.9 Å². The van der Waals surface area contributed by atoms with E-state index in [0.717, 1.165) is 6.41 Å². The fraction of sp³-hybridized carbons (Fsp3) is 0.400. The van der Waals surface area contributed by atoms with Gasteiger partial charge in [0.15, 0.2) is 0 Å². The highest BCUT2D eigenvalue weighted by atomic mass is 79.9. The van der Waals surface area contributed by atoms with Crippen molar-refractivity contribution in [2.24, 2.45) is 0 Å². The summed E-state index contributed by atoms with van der Waals surface area (Å²) in [4.78, 5) is 11.7. The molecule has 1 rings (SSSR count). The van der Waals surface area contributed by atoms with Gasteiger partial charge in [-0.25, -0.2) is 0 Å². The molecule has 0 aliphatic carbocycles. The van der Waals surface area contributed by atoms with Gasteiger partial charge in [0.2, 0.25) is 6.41 Å². The number of amides is 1. The highest BCUT2D eigenvalue weighted by Gasteiger charge is 2.09. The molecule has 1 aliphatic heterocycles. The molecule has 50 valence electrons. The third-order valence-electron chi connectivity index (χ3n) is 1.03. The van der Waals surface area contributed by atoms with Crippen LogP contribution in [-0.4, -0.2) is 24.5 Å². The molecule has 3 nitrogen and oxygen atoms in total. The molecule has 4 heteroatoms. The zero-order valence-corrected chi connectivity index (χ0v) is 6.30. The van der Waals surface area contributed by atoms with E-state index in [2.05, 4.69) is 15.9 Å². The third-order valence-corrected chi connectivity index (χ3v) is 1.67. The Morgan fingerprint density at radius 1 is 1.89 bits per heavy atom. The minimum atomic E-state index is 0.577. The first-order chi connectivity index (χ1) is 4.34. The van der Waals surface area contributed by atoms with Crippen molar-refractivity contribution in [2.45, 2.75) is 0 Å². The molecular formula is C5H6BrNO2. The monoisotopic (exact) mass is 191 g/mol. The van der Waals surface area contributed by atoms with Gasteiger partial charge in [-0.3, -0.25) is 4.79 Å². The molecular weight excluding hydrogens is 186 g/mol. The highest BCUT2D eigenvalue weighted by Crippen LogP contribution is 2.13. The van der Waals surface area contributed by atoms with Gasteiger partial charge in [-0.2, -0.15) is 0 Å². The summed E-state index contributed by atoms with van der Waals surface area (Å²) in [6.07, 6.45) is 2.28. The standard InChI is InChI=1S/C5H6BrNO2/c6-5-3-9-2-1-7(5)4-8/h3-4H,1-2H2. The lowest BCUT2D eigenvalue weighted by Gasteiger charge is -2.19. The van der Waals surface area contributed by atoms with Gasteiger partial charge in [-0.05, 0) is 15.9 Å². The Bertz CT molecular complexity index is 146. The number of ether oxygens (including phenoxy) is 1. The Morgan fingerprint density at radius 2 is 2.67 bits per heavy atom. The molecule has 1 aliphatic rings. The predicted octanol–water partition coefficient (Wildman–Crippen LogP) is 0.669. The first-order valence-corrected chi connectivity index (χ1v) is 3.33. The highest BCUT2D eigenvalue weighted by molar-refractivity contribution is 9.11. The van der Waals surface area contributed by atoms with Gasteiger partial charge in [0.05, 0.1) is 6.54 Å². The molecule has 0 spiro atoms. The fourth-order valence-electron chi connectivity index (χ4n) is 0.556. The second-order valence-electron chi connectivity index (χ2n) is 1.61. The number of halogens is 1. The molecule has 0 fully saturated rings. The van der Waals surface area contributed by atoms with Gasteiger partial charge in [0, 0.05) is 0 Å². The number of rotatable bonds is 1. The number of hydrogen-bond acceptors (Lipinski definition) is 2. The molecule has 0 aromatic carbocycles. The van der Waals surface area contributed by atoms with E-state index in [9.17, 15) is 4.79 Å². The van der Waals surface area contributed by atoms with Crippen LogP contribution in [-0.2, 0) is 9.53 Å². The summed E-state index contributed by atoms with van der Waals surface area (Å²) >= 11 is 3.15. The van der Waals surface area contributed by atoms with Crippen molar-refractivity contribution in [3.63, 3.8) is 0 Å². The van der Waals surface area contributed by atoms with Gasteiger partial charge >= 0.3 is 0 Å². The van der Waals surface area contributed by atoms with Crippen LogP contribution >= 0.6 is 15.9 Å². The van der Waals surface area contributed by atoms with Gasteiger partial charge in [0.1, 0.15) is 17.5 Å². The second kappa shape index (κ2) is 2.87. The van der Waals surface area contributed by atoms with E-state index in [1.807, 2.05) is 0 Å². The maximum atomic E-state index is 10.2. The SMILES string of the molecule is O=CN1CCOC=C1Br. The van der Waals surface area contributed by atoms with E-state index in [1.54, 1.807) is 0 Å². The quantitative estimate of drug-likeness (QED) is 0.451. The van der Waals surface area contributed by atoms with E-state index in [0.29, 0.717) is 17.8 Å². The smallest absolute Gasteiger partial charge is 0.214 e.